The van der Waals surface area contributed by atoms with Gasteiger partial charge in [0.05, 0.1) is 6.20 Å². The molecule has 0 aliphatic heterocycles. The average Bonchev–Trinajstić information content (AvgIpc) is 1.69. The number of hydrogen-bond acceptors (Lipinski definition) is 1. The van der Waals surface area contributed by atoms with E-state index in [1.807, 2.05) is 0 Å². The third-order valence-corrected chi connectivity index (χ3v) is 0.625. The van der Waals surface area contributed by atoms with Gasteiger partial charge in [-0.25, -0.2) is 4.39 Å². The van der Waals surface area contributed by atoms with Crippen molar-refractivity contribution in [2.45, 2.75) is 0 Å². The Labute approximate surface area is 59.1 Å². The molecule has 0 spiro atoms. The Hall–Kier alpha value is -0.323. The third-order valence-electron chi connectivity index (χ3n) is 0.625. The Morgan fingerprint density at radius 3 is 2.50 bits per heavy atom. The molecule has 1 nitrogen and oxygen atoms in total. The molecule has 1 rings (SSSR count). The zero-order chi connectivity index (χ0) is 5.11. The van der Waals surface area contributed by atoms with Crippen LogP contribution in [0.15, 0.2) is 24.5 Å². The van der Waals surface area contributed by atoms with Crippen molar-refractivity contribution in [3.8, 4) is 0 Å². The number of aromatic nitrogens is 1. The molecule has 1 aromatic heterocycles. The van der Waals surface area contributed by atoms with Crippen LogP contribution in [0.25, 0.3) is 0 Å². The van der Waals surface area contributed by atoms with Gasteiger partial charge >= 0.3 is 18.9 Å². The molecule has 0 atom stereocenters. The van der Waals surface area contributed by atoms with Crippen LogP contribution in [0.5, 0.6) is 0 Å². The van der Waals surface area contributed by atoms with E-state index in [1.165, 1.54) is 18.5 Å². The molecule has 0 fully saturated rings. The Balaban J connectivity index is 0.000000490. The van der Waals surface area contributed by atoms with Crippen LogP contribution in [0.4, 0.5) is 4.39 Å². The molecule has 0 unspecified atom stereocenters. The zero-order valence-corrected chi connectivity index (χ0v) is 3.63. The summed E-state index contributed by atoms with van der Waals surface area (Å²) in [5, 5.41) is 0. The van der Waals surface area contributed by atoms with Crippen molar-refractivity contribution in [3.05, 3.63) is 30.3 Å². The van der Waals surface area contributed by atoms with Crippen molar-refractivity contribution in [3.63, 3.8) is 0 Å². The molecule has 1 aromatic rings. The van der Waals surface area contributed by atoms with Gasteiger partial charge in [-0.1, -0.05) is 0 Å². The summed E-state index contributed by atoms with van der Waals surface area (Å²) in [4.78, 5) is 3.51. The predicted octanol–water partition coefficient (Wildman–Crippen LogP) is 0.572. The minimum absolute atomic E-state index is 0. The van der Waals surface area contributed by atoms with Gasteiger partial charge in [0, 0.05) is 6.20 Å². The fraction of sp³-hybridized carbons (Fsp3) is 0. The summed E-state index contributed by atoms with van der Waals surface area (Å²) in [5.74, 6) is -0.289. The Kier molecular flexibility index (Phi) is 3.50. The first-order valence-electron chi connectivity index (χ1n) is 1.95. The van der Waals surface area contributed by atoms with Gasteiger partial charge in [0.1, 0.15) is 5.82 Å². The van der Waals surface area contributed by atoms with Gasteiger partial charge in [0.2, 0.25) is 0 Å². The van der Waals surface area contributed by atoms with Gasteiger partial charge in [-0.15, -0.1) is 0 Å². The summed E-state index contributed by atoms with van der Waals surface area (Å²) in [6, 6.07) is 2.91. The summed E-state index contributed by atoms with van der Waals surface area (Å²) in [7, 11) is 0. The molecule has 38 valence electrons. The molecule has 0 aromatic carbocycles. The molecular formula is C5H5FLiN. The van der Waals surface area contributed by atoms with E-state index in [2.05, 4.69) is 4.98 Å². The Morgan fingerprint density at radius 2 is 2.25 bits per heavy atom. The number of pyridine rings is 1. The van der Waals surface area contributed by atoms with Crippen molar-refractivity contribution in [1.29, 1.82) is 0 Å². The number of halogens is 1. The molecule has 0 bridgehead atoms. The normalized spacial score (nSPS) is 7.62. The fourth-order valence-electron chi connectivity index (χ4n) is 0.342. The molecule has 0 aliphatic carbocycles. The number of hydrogen-bond donors (Lipinski definition) is 0. The molecule has 0 saturated carbocycles. The average molecular weight is 105 g/mol. The van der Waals surface area contributed by atoms with Gasteiger partial charge in [-0.05, 0) is 12.1 Å². The van der Waals surface area contributed by atoms with Crippen LogP contribution >= 0.6 is 0 Å². The Bertz CT molecular complexity index is 142. The van der Waals surface area contributed by atoms with Crippen molar-refractivity contribution >= 4 is 18.9 Å². The van der Waals surface area contributed by atoms with Crippen LogP contribution < -0.4 is 0 Å². The van der Waals surface area contributed by atoms with Gasteiger partial charge < -0.3 is 0 Å². The SMILES string of the molecule is Fc1cccnc1.[LiH]. The summed E-state index contributed by atoms with van der Waals surface area (Å²) in [5.41, 5.74) is 0. The van der Waals surface area contributed by atoms with Crippen molar-refractivity contribution in [2.75, 3.05) is 0 Å². The number of nitrogens with zero attached hydrogens (tertiary/aromatic N) is 1. The monoisotopic (exact) mass is 105 g/mol. The van der Waals surface area contributed by atoms with Crippen molar-refractivity contribution in [1.82, 2.24) is 4.98 Å². The predicted molar refractivity (Wildman–Crippen MR) is 31.3 cm³/mol. The molecule has 0 saturated heterocycles. The maximum absolute atomic E-state index is 11.8. The van der Waals surface area contributed by atoms with E-state index in [4.69, 9.17) is 0 Å². The first kappa shape index (κ1) is 7.68. The molecule has 0 radical (unpaired) electrons. The van der Waals surface area contributed by atoms with E-state index in [9.17, 15) is 4.39 Å². The first-order valence-corrected chi connectivity index (χ1v) is 1.95. The molecular weight excluding hydrogens is 100 g/mol. The fourth-order valence-corrected chi connectivity index (χ4v) is 0.342. The van der Waals surface area contributed by atoms with Gasteiger partial charge in [-0.3, -0.25) is 4.98 Å². The van der Waals surface area contributed by atoms with Crippen molar-refractivity contribution < 1.29 is 4.39 Å². The van der Waals surface area contributed by atoms with Crippen molar-refractivity contribution in [2.24, 2.45) is 0 Å². The Morgan fingerprint density at radius 1 is 1.50 bits per heavy atom. The van der Waals surface area contributed by atoms with Gasteiger partial charge in [-0.2, -0.15) is 0 Å². The minimum atomic E-state index is -0.289. The van der Waals surface area contributed by atoms with Gasteiger partial charge in [0.15, 0.2) is 0 Å². The topological polar surface area (TPSA) is 12.9 Å². The molecule has 8 heavy (non-hydrogen) atoms. The summed E-state index contributed by atoms with van der Waals surface area (Å²) in [6.07, 6.45) is 2.70. The standard InChI is InChI=1S/C5H4FN.Li.H/c6-5-2-1-3-7-4-5;;/h1-4H;;. The van der Waals surface area contributed by atoms with Crippen LogP contribution in [0.1, 0.15) is 0 Å². The molecule has 1 heterocycles. The maximum atomic E-state index is 11.8. The van der Waals surface area contributed by atoms with E-state index >= 15 is 0 Å². The number of rotatable bonds is 0. The summed E-state index contributed by atoms with van der Waals surface area (Å²) in [6.45, 7) is 0. The summed E-state index contributed by atoms with van der Waals surface area (Å²) < 4.78 is 11.8. The van der Waals surface area contributed by atoms with E-state index in [1.54, 1.807) is 6.07 Å². The summed E-state index contributed by atoms with van der Waals surface area (Å²) >= 11 is 0. The van der Waals surface area contributed by atoms with Gasteiger partial charge in [0.25, 0.3) is 0 Å². The van der Waals surface area contributed by atoms with Crippen LogP contribution in [0.2, 0.25) is 0 Å². The first-order chi connectivity index (χ1) is 3.39. The van der Waals surface area contributed by atoms with Crippen LogP contribution in [0, 0.1) is 5.82 Å². The van der Waals surface area contributed by atoms with Crippen LogP contribution in [-0.4, -0.2) is 23.8 Å². The third kappa shape index (κ3) is 2.11. The van der Waals surface area contributed by atoms with E-state index in [-0.39, 0.29) is 24.7 Å². The molecule has 3 heteroatoms. The van der Waals surface area contributed by atoms with E-state index in [0.29, 0.717) is 0 Å². The molecule has 0 N–H and O–H groups in total. The van der Waals surface area contributed by atoms with E-state index in [0.717, 1.165) is 0 Å². The quantitative estimate of drug-likeness (QED) is 0.439. The van der Waals surface area contributed by atoms with Crippen LogP contribution in [-0.2, 0) is 0 Å². The molecule has 0 amide bonds. The second-order valence-electron chi connectivity index (χ2n) is 1.17. The second-order valence-corrected chi connectivity index (χ2v) is 1.17. The molecule has 0 aliphatic rings. The van der Waals surface area contributed by atoms with E-state index < -0.39 is 0 Å². The van der Waals surface area contributed by atoms with Crippen LogP contribution in [0.3, 0.4) is 0 Å². The zero-order valence-electron chi connectivity index (χ0n) is 3.63. The second kappa shape index (κ2) is 3.65.